The minimum absolute atomic E-state index is 0.240. The molecule has 1 fully saturated rings. The van der Waals surface area contributed by atoms with Gasteiger partial charge in [-0.3, -0.25) is 9.59 Å². The monoisotopic (exact) mass is 588 g/mol. The molecule has 0 saturated carbocycles. The summed E-state index contributed by atoms with van der Waals surface area (Å²) in [6.07, 6.45) is 4.75. The number of rotatable bonds is 8. The molecule has 0 radical (unpaired) electrons. The summed E-state index contributed by atoms with van der Waals surface area (Å²) in [7, 11) is 0. The Hall–Kier alpha value is -5.55. The molecule has 11 heteroatoms. The summed E-state index contributed by atoms with van der Waals surface area (Å²) in [6, 6.07) is 18.6. The highest BCUT2D eigenvalue weighted by Crippen LogP contribution is 2.29. The number of ether oxygens (including phenoxy) is 1. The lowest BCUT2D eigenvalue weighted by Crippen LogP contribution is -2.36. The SMILES string of the molecule is C=C(NC(=O)c1cn2ncnc(Nc3cc(NC(=O)c4ccnc(N5CCOCC5)c4)ccc3C)c2c1C)c1ccccc1. The van der Waals surface area contributed by atoms with Gasteiger partial charge in [0.1, 0.15) is 17.7 Å². The van der Waals surface area contributed by atoms with E-state index in [2.05, 4.69) is 42.5 Å². The average molecular weight is 589 g/mol. The van der Waals surface area contributed by atoms with E-state index in [1.54, 1.807) is 29.0 Å². The molecule has 3 N–H and O–H groups in total. The molecule has 3 aromatic heterocycles. The molecule has 222 valence electrons. The van der Waals surface area contributed by atoms with Gasteiger partial charge in [0.25, 0.3) is 11.8 Å². The number of pyridine rings is 1. The highest BCUT2D eigenvalue weighted by molar-refractivity contribution is 6.05. The van der Waals surface area contributed by atoms with Crippen LogP contribution in [-0.2, 0) is 4.74 Å². The molecule has 0 aliphatic carbocycles. The summed E-state index contributed by atoms with van der Waals surface area (Å²) in [5.74, 6) is 0.743. The fourth-order valence-electron chi connectivity index (χ4n) is 5.09. The number of anilines is 4. The first kappa shape index (κ1) is 28.6. The molecule has 0 atom stereocenters. The molecule has 4 heterocycles. The summed E-state index contributed by atoms with van der Waals surface area (Å²) in [6.45, 7) is 10.6. The van der Waals surface area contributed by atoms with Crippen LogP contribution < -0.4 is 20.9 Å². The van der Waals surface area contributed by atoms with Crippen LogP contribution in [0.15, 0.2) is 86.0 Å². The Labute approximate surface area is 254 Å². The summed E-state index contributed by atoms with van der Waals surface area (Å²) in [5.41, 5.74) is 5.98. The number of aromatic nitrogens is 4. The van der Waals surface area contributed by atoms with Crippen LogP contribution in [0.3, 0.4) is 0 Å². The van der Waals surface area contributed by atoms with E-state index in [1.807, 2.05) is 62.4 Å². The maximum absolute atomic E-state index is 13.2. The Balaban J connectivity index is 1.21. The molecule has 5 aromatic rings. The number of amides is 2. The maximum atomic E-state index is 13.2. The summed E-state index contributed by atoms with van der Waals surface area (Å²) >= 11 is 0. The first-order chi connectivity index (χ1) is 21.4. The number of nitrogens with zero attached hydrogens (tertiary/aromatic N) is 5. The number of nitrogens with one attached hydrogen (secondary N) is 3. The number of fused-ring (bicyclic) bond motifs is 1. The maximum Gasteiger partial charge on any atom is 0.257 e. The fraction of sp³-hybridized carbons (Fsp3) is 0.182. The van der Waals surface area contributed by atoms with E-state index in [9.17, 15) is 9.59 Å². The number of hydrogen-bond donors (Lipinski definition) is 3. The number of hydrogen-bond acceptors (Lipinski definition) is 8. The lowest BCUT2D eigenvalue weighted by Gasteiger charge is -2.27. The van der Waals surface area contributed by atoms with Crippen LogP contribution in [0.2, 0.25) is 0 Å². The predicted molar refractivity (Wildman–Crippen MR) is 170 cm³/mol. The molecule has 0 spiro atoms. The van der Waals surface area contributed by atoms with Gasteiger partial charge < -0.3 is 25.6 Å². The molecule has 2 aromatic carbocycles. The minimum atomic E-state index is -0.290. The van der Waals surface area contributed by atoms with Gasteiger partial charge in [0.05, 0.1) is 18.8 Å². The topological polar surface area (TPSA) is 126 Å². The minimum Gasteiger partial charge on any atom is -0.378 e. The highest BCUT2D eigenvalue weighted by atomic mass is 16.5. The van der Waals surface area contributed by atoms with E-state index in [1.165, 1.54) is 6.33 Å². The molecule has 1 saturated heterocycles. The van der Waals surface area contributed by atoms with E-state index >= 15 is 0 Å². The van der Waals surface area contributed by atoms with Crippen molar-refractivity contribution in [2.75, 3.05) is 41.8 Å². The van der Waals surface area contributed by atoms with E-state index in [0.29, 0.717) is 52.6 Å². The van der Waals surface area contributed by atoms with Crippen molar-refractivity contribution in [3.63, 3.8) is 0 Å². The van der Waals surface area contributed by atoms with Gasteiger partial charge >= 0.3 is 0 Å². The van der Waals surface area contributed by atoms with Gasteiger partial charge in [0, 0.05) is 48.1 Å². The Bertz CT molecular complexity index is 1860. The largest absolute Gasteiger partial charge is 0.378 e. The highest BCUT2D eigenvalue weighted by Gasteiger charge is 2.20. The second-order valence-electron chi connectivity index (χ2n) is 10.5. The number of morpholine rings is 1. The molecular formula is C33H32N8O3. The molecular weight excluding hydrogens is 556 g/mol. The van der Waals surface area contributed by atoms with Crippen molar-refractivity contribution in [2.24, 2.45) is 0 Å². The third kappa shape index (κ3) is 5.99. The van der Waals surface area contributed by atoms with Gasteiger partial charge in [-0.05, 0) is 54.8 Å². The van der Waals surface area contributed by atoms with Gasteiger partial charge in [-0.2, -0.15) is 5.10 Å². The zero-order valence-electron chi connectivity index (χ0n) is 24.5. The van der Waals surface area contributed by atoms with Crippen LogP contribution in [0.1, 0.15) is 37.4 Å². The Morgan fingerprint density at radius 2 is 1.73 bits per heavy atom. The van der Waals surface area contributed by atoms with E-state index in [4.69, 9.17) is 4.74 Å². The van der Waals surface area contributed by atoms with Gasteiger partial charge in [0.2, 0.25) is 0 Å². The smallest absolute Gasteiger partial charge is 0.257 e. The number of carbonyl (C=O) groups excluding carboxylic acids is 2. The fourth-order valence-corrected chi connectivity index (χ4v) is 5.09. The van der Waals surface area contributed by atoms with Gasteiger partial charge in [-0.1, -0.05) is 43.0 Å². The standard InChI is InChI=1S/C33H32N8O3/c1-21-9-10-26(38-32(42)25-11-12-34-29(17-25)40-13-15-44-16-14-40)18-28(21)39-31-30-22(2)27(19-41(30)36-20-35-31)33(43)37-23(3)24-7-5-4-6-8-24/h4-12,17-20H,3,13-16H2,1-2H3,(H,37,43)(H,38,42)(H,35,36,39). The average Bonchev–Trinajstić information content (AvgIpc) is 3.40. The third-order valence-electron chi connectivity index (χ3n) is 7.55. The van der Waals surface area contributed by atoms with Crippen molar-refractivity contribution >= 4 is 46.0 Å². The van der Waals surface area contributed by atoms with Crippen molar-refractivity contribution < 1.29 is 14.3 Å². The van der Waals surface area contributed by atoms with Crippen molar-refractivity contribution in [3.8, 4) is 0 Å². The van der Waals surface area contributed by atoms with Crippen LogP contribution in [0, 0.1) is 13.8 Å². The van der Waals surface area contributed by atoms with Crippen LogP contribution >= 0.6 is 0 Å². The molecule has 11 nitrogen and oxygen atoms in total. The van der Waals surface area contributed by atoms with E-state index in [-0.39, 0.29) is 11.8 Å². The lowest BCUT2D eigenvalue weighted by atomic mass is 10.1. The molecule has 1 aliphatic rings. The van der Waals surface area contributed by atoms with Crippen LogP contribution in [-0.4, -0.2) is 57.7 Å². The second-order valence-corrected chi connectivity index (χ2v) is 10.5. The van der Waals surface area contributed by atoms with Crippen LogP contribution in [0.5, 0.6) is 0 Å². The molecule has 1 aliphatic heterocycles. The molecule has 44 heavy (non-hydrogen) atoms. The Kier molecular flexibility index (Phi) is 8.02. The zero-order valence-corrected chi connectivity index (χ0v) is 24.5. The molecule has 2 amide bonds. The number of benzene rings is 2. The van der Waals surface area contributed by atoms with Crippen LogP contribution in [0.25, 0.3) is 11.2 Å². The van der Waals surface area contributed by atoms with Gasteiger partial charge in [0.15, 0.2) is 5.82 Å². The second kappa shape index (κ2) is 12.4. The summed E-state index contributed by atoms with van der Waals surface area (Å²) in [4.78, 5) is 37.4. The quantitative estimate of drug-likeness (QED) is 0.232. The van der Waals surface area contributed by atoms with Crippen LogP contribution in [0.4, 0.5) is 23.0 Å². The first-order valence-electron chi connectivity index (χ1n) is 14.2. The van der Waals surface area contributed by atoms with Gasteiger partial charge in [-0.15, -0.1) is 0 Å². The van der Waals surface area contributed by atoms with E-state index in [0.717, 1.165) is 35.7 Å². The third-order valence-corrected chi connectivity index (χ3v) is 7.55. The normalized spacial score (nSPS) is 13.0. The van der Waals surface area contributed by atoms with Crippen molar-refractivity contribution in [3.05, 3.63) is 114 Å². The Morgan fingerprint density at radius 1 is 0.932 bits per heavy atom. The lowest BCUT2D eigenvalue weighted by molar-refractivity contribution is 0.0972. The van der Waals surface area contributed by atoms with Crippen molar-refractivity contribution in [1.82, 2.24) is 24.9 Å². The summed E-state index contributed by atoms with van der Waals surface area (Å²) in [5, 5.41) is 13.6. The molecule has 6 rings (SSSR count). The number of carbonyl (C=O) groups is 2. The van der Waals surface area contributed by atoms with Crippen molar-refractivity contribution in [2.45, 2.75) is 13.8 Å². The number of aryl methyl sites for hydroxylation is 2. The first-order valence-corrected chi connectivity index (χ1v) is 14.2. The van der Waals surface area contributed by atoms with E-state index < -0.39 is 0 Å². The predicted octanol–water partition coefficient (Wildman–Crippen LogP) is 4.97. The zero-order chi connectivity index (χ0) is 30.6. The van der Waals surface area contributed by atoms with Crippen molar-refractivity contribution in [1.29, 1.82) is 0 Å². The molecule has 0 unspecified atom stereocenters. The van der Waals surface area contributed by atoms with Gasteiger partial charge in [-0.25, -0.2) is 14.5 Å². The Morgan fingerprint density at radius 3 is 2.52 bits per heavy atom. The molecule has 0 bridgehead atoms. The summed E-state index contributed by atoms with van der Waals surface area (Å²) < 4.78 is 7.05.